The molecule has 1 aromatic heterocycles. The summed E-state index contributed by atoms with van der Waals surface area (Å²) in [5, 5.41) is 0. The Balaban J connectivity index is 1.46. The topological polar surface area (TPSA) is 62.3 Å². The molecule has 3 rings (SSSR count). The summed E-state index contributed by atoms with van der Waals surface area (Å²) in [7, 11) is -3.06. The van der Waals surface area contributed by atoms with E-state index in [0.717, 1.165) is 32.5 Å². The van der Waals surface area contributed by atoms with Gasteiger partial charge in [0.1, 0.15) is 0 Å². The van der Waals surface area contributed by atoms with Crippen LogP contribution in [0.2, 0.25) is 0 Å². The average Bonchev–Trinajstić information content (AvgIpc) is 2.39. The molecule has 0 aromatic carbocycles. The predicted molar refractivity (Wildman–Crippen MR) is 82.2 cm³/mol. The largest absolute Gasteiger partial charge is 0.299 e. The Morgan fingerprint density at radius 1 is 1.38 bits per heavy atom. The van der Waals surface area contributed by atoms with Crippen LogP contribution in [0.3, 0.4) is 0 Å². The Bertz CT molecular complexity index is 572. The van der Waals surface area contributed by atoms with E-state index in [0.29, 0.717) is 5.41 Å². The van der Waals surface area contributed by atoms with Crippen LogP contribution in [0, 0.1) is 5.41 Å². The summed E-state index contributed by atoms with van der Waals surface area (Å²) in [4.78, 5) is 6.63. The summed E-state index contributed by atoms with van der Waals surface area (Å²) < 4.78 is 25.2. The molecule has 0 bridgehead atoms. The number of likely N-dealkylation sites (tertiary alicyclic amines) is 1. The molecule has 0 unspecified atom stereocenters. The minimum atomic E-state index is -3.06. The van der Waals surface area contributed by atoms with E-state index < -0.39 is 10.0 Å². The van der Waals surface area contributed by atoms with Gasteiger partial charge in [-0.05, 0) is 55.8 Å². The van der Waals surface area contributed by atoms with Crippen LogP contribution in [0.25, 0.3) is 0 Å². The molecule has 0 atom stereocenters. The molecule has 21 heavy (non-hydrogen) atoms. The minimum Gasteiger partial charge on any atom is -0.299 e. The molecule has 1 aromatic rings. The number of hydrogen-bond donors (Lipinski definition) is 1. The lowest BCUT2D eigenvalue weighted by atomic mass is 9.60. The smallest absolute Gasteiger partial charge is 0.208 e. The van der Waals surface area contributed by atoms with Crippen molar-refractivity contribution in [3.63, 3.8) is 0 Å². The molecule has 2 fully saturated rings. The standard InChI is InChI=1S/C15H23N3O2S/c1-21(19,20)17-14-9-15(10-14)4-7-18(8-5-15)12-13-3-2-6-16-11-13/h2-3,6,11,14,17H,4-5,7-10,12H2,1H3. The molecule has 6 heteroatoms. The van der Waals surface area contributed by atoms with E-state index in [1.165, 1.54) is 24.7 Å². The molecule has 116 valence electrons. The summed E-state index contributed by atoms with van der Waals surface area (Å²) in [6, 6.07) is 4.26. The summed E-state index contributed by atoms with van der Waals surface area (Å²) in [5.74, 6) is 0. The molecule has 0 amide bonds. The van der Waals surface area contributed by atoms with Crippen molar-refractivity contribution >= 4 is 10.0 Å². The Morgan fingerprint density at radius 3 is 2.67 bits per heavy atom. The highest BCUT2D eigenvalue weighted by Crippen LogP contribution is 2.49. The number of pyridine rings is 1. The lowest BCUT2D eigenvalue weighted by Gasteiger charge is -2.52. The Labute approximate surface area is 126 Å². The molecular formula is C15H23N3O2S. The van der Waals surface area contributed by atoms with E-state index >= 15 is 0 Å². The zero-order valence-electron chi connectivity index (χ0n) is 12.5. The second-order valence-electron chi connectivity index (χ2n) is 6.63. The van der Waals surface area contributed by atoms with E-state index in [4.69, 9.17) is 0 Å². The van der Waals surface area contributed by atoms with E-state index in [1.807, 2.05) is 12.3 Å². The van der Waals surface area contributed by atoms with Gasteiger partial charge >= 0.3 is 0 Å². The molecule has 2 aliphatic rings. The predicted octanol–water partition coefficient (Wildman–Crippen LogP) is 1.38. The van der Waals surface area contributed by atoms with Gasteiger partial charge in [-0.15, -0.1) is 0 Å². The lowest BCUT2D eigenvalue weighted by Crippen LogP contribution is -2.54. The van der Waals surface area contributed by atoms with Gasteiger partial charge in [-0.3, -0.25) is 9.88 Å². The van der Waals surface area contributed by atoms with Gasteiger partial charge in [-0.1, -0.05) is 6.07 Å². The maximum atomic E-state index is 11.2. The van der Waals surface area contributed by atoms with Gasteiger partial charge in [0.15, 0.2) is 0 Å². The average molecular weight is 309 g/mol. The fraction of sp³-hybridized carbons (Fsp3) is 0.667. The second-order valence-corrected chi connectivity index (χ2v) is 8.41. The Kier molecular flexibility index (Phi) is 4.03. The van der Waals surface area contributed by atoms with Gasteiger partial charge in [0.05, 0.1) is 6.26 Å². The van der Waals surface area contributed by atoms with Crippen molar-refractivity contribution in [1.82, 2.24) is 14.6 Å². The first kappa shape index (κ1) is 14.9. The van der Waals surface area contributed by atoms with Gasteiger partial charge in [-0.25, -0.2) is 13.1 Å². The lowest BCUT2D eigenvalue weighted by molar-refractivity contribution is 0.0106. The van der Waals surface area contributed by atoms with Crippen LogP contribution in [-0.4, -0.2) is 43.7 Å². The summed E-state index contributed by atoms with van der Waals surface area (Å²) in [6.07, 6.45) is 9.33. The molecule has 1 N–H and O–H groups in total. The van der Waals surface area contributed by atoms with Crippen molar-refractivity contribution in [3.8, 4) is 0 Å². The number of nitrogens with zero attached hydrogens (tertiary/aromatic N) is 2. The third-order valence-corrected chi connectivity index (χ3v) is 5.55. The molecular weight excluding hydrogens is 286 g/mol. The third-order valence-electron chi connectivity index (χ3n) is 4.79. The number of nitrogens with one attached hydrogen (secondary N) is 1. The van der Waals surface area contributed by atoms with Gasteiger partial charge in [-0.2, -0.15) is 0 Å². The maximum Gasteiger partial charge on any atom is 0.208 e. The number of aromatic nitrogens is 1. The van der Waals surface area contributed by atoms with Crippen LogP contribution < -0.4 is 4.72 Å². The molecule has 1 spiro atoms. The Morgan fingerprint density at radius 2 is 2.10 bits per heavy atom. The van der Waals surface area contributed by atoms with E-state index in [-0.39, 0.29) is 6.04 Å². The number of piperidine rings is 1. The Hall–Kier alpha value is -0.980. The normalized spacial score (nSPS) is 23.1. The SMILES string of the molecule is CS(=O)(=O)NC1CC2(CCN(Cc3cccnc3)CC2)C1. The van der Waals surface area contributed by atoms with Crippen molar-refractivity contribution in [1.29, 1.82) is 0 Å². The summed E-state index contributed by atoms with van der Waals surface area (Å²) in [5.41, 5.74) is 1.65. The van der Waals surface area contributed by atoms with Crippen molar-refractivity contribution in [3.05, 3.63) is 30.1 Å². The maximum absolute atomic E-state index is 11.2. The van der Waals surface area contributed by atoms with E-state index in [1.54, 1.807) is 6.20 Å². The zero-order chi connectivity index (χ0) is 14.9. The summed E-state index contributed by atoms with van der Waals surface area (Å²) in [6.45, 7) is 3.16. The third kappa shape index (κ3) is 3.81. The molecule has 0 radical (unpaired) electrons. The first-order valence-corrected chi connectivity index (χ1v) is 9.42. The van der Waals surface area contributed by atoms with Crippen LogP contribution in [0.5, 0.6) is 0 Å². The summed E-state index contributed by atoms with van der Waals surface area (Å²) >= 11 is 0. The van der Waals surface area contributed by atoms with Crippen LogP contribution in [0.1, 0.15) is 31.2 Å². The molecule has 5 nitrogen and oxygen atoms in total. The van der Waals surface area contributed by atoms with Crippen molar-refractivity contribution in [2.75, 3.05) is 19.3 Å². The first-order chi connectivity index (χ1) is 9.94. The molecule has 1 aliphatic heterocycles. The van der Waals surface area contributed by atoms with Crippen LogP contribution in [0.4, 0.5) is 0 Å². The van der Waals surface area contributed by atoms with Crippen molar-refractivity contribution < 1.29 is 8.42 Å². The van der Waals surface area contributed by atoms with Gasteiger partial charge in [0.2, 0.25) is 10.0 Å². The molecule has 1 saturated carbocycles. The molecule has 2 heterocycles. The minimum absolute atomic E-state index is 0.157. The highest BCUT2D eigenvalue weighted by atomic mass is 32.2. The second kappa shape index (κ2) is 5.66. The van der Waals surface area contributed by atoms with Gasteiger partial charge in [0.25, 0.3) is 0 Å². The van der Waals surface area contributed by atoms with E-state index in [2.05, 4.69) is 20.7 Å². The monoisotopic (exact) mass is 309 g/mol. The van der Waals surface area contributed by atoms with Gasteiger partial charge in [0, 0.05) is 25.0 Å². The number of sulfonamides is 1. The van der Waals surface area contributed by atoms with Crippen molar-refractivity contribution in [2.24, 2.45) is 5.41 Å². The first-order valence-electron chi connectivity index (χ1n) is 7.53. The number of rotatable bonds is 4. The fourth-order valence-corrected chi connectivity index (χ4v) is 4.49. The molecule has 1 aliphatic carbocycles. The van der Waals surface area contributed by atoms with E-state index in [9.17, 15) is 8.42 Å². The fourth-order valence-electron chi connectivity index (χ4n) is 3.72. The quantitative estimate of drug-likeness (QED) is 0.912. The van der Waals surface area contributed by atoms with Crippen LogP contribution >= 0.6 is 0 Å². The van der Waals surface area contributed by atoms with Gasteiger partial charge < -0.3 is 0 Å². The van der Waals surface area contributed by atoms with Crippen LogP contribution in [-0.2, 0) is 16.6 Å². The van der Waals surface area contributed by atoms with Crippen molar-refractivity contribution in [2.45, 2.75) is 38.3 Å². The van der Waals surface area contributed by atoms with Crippen LogP contribution in [0.15, 0.2) is 24.5 Å². The zero-order valence-corrected chi connectivity index (χ0v) is 13.3. The number of hydrogen-bond acceptors (Lipinski definition) is 4. The molecule has 1 saturated heterocycles. The highest BCUT2D eigenvalue weighted by Gasteiger charge is 2.46. The highest BCUT2D eigenvalue weighted by molar-refractivity contribution is 7.88.